The van der Waals surface area contributed by atoms with E-state index in [1.807, 2.05) is 63.2 Å². The second-order valence-electron chi connectivity index (χ2n) is 8.98. The molecule has 0 unspecified atom stereocenters. The lowest BCUT2D eigenvalue weighted by Gasteiger charge is -2.26. The van der Waals surface area contributed by atoms with Crippen molar-refractivity contribution >= 4 is 29.1 Å². The third-order valence-corrected chi connectivity index (χ3v) is 5.46. The Balaban J connectivity index is 1.87. The SMILES string of the molecule is CC(C)CN(C(=O)COC(=O)c1ccc(N(C)C)cc1)c1c(N)n(Cc2ccccc2)c(=O)[nH]c1=O. The summed E-state index contributed by atoms with van der Waals surface area (Å²) in [6.45, 7) is 3.37. The van der Waals surface area contributed by atoms with Gasteiger partial charge in [0.2, 0.25) is 0 Å². The summed E-state index contributed by atoms with van der Waals surface area (Å²) in [5.41, 5.74) is 6.63. The summed E-state index contributed by atoms with van der Waals surface area (Å²) in [4.78, 5) is 56.3. The Morgan fingerprint density at radius 1 is 1.03 bits per heavy atom. The number of nitrogens with one attached hydrogen (secondary N) is 1. The van der Waals surface area contributed by atoms with Gasteiger partial charge in [-0.1, -0.05) is 44.2 Å². The van der Waals surface area contributed by atoms with Crippen molar-refractivity contribution in [2.45, 2.75) is 20.4 Å². The van der Waals surface area contributed by atoms with Crippen LogP contribution in [-0.2, 0) is 16.1 Å². The first-order valence-electron chi connectivity index (χ1n) is 11.5. The quantitative estimate of drug-likeness (QED) is 0.436. The summed E-state index contributed by atoms with van der Waals surface area (Å²) in [6, 6.07) is 15.9. The van der Waals surface area contributed by atoms with Crippen LogP contribution in [0.2, 0.25) is 0 Å². The van der Waals surface area contributed by atoms with E-state index in [2.05, 4.69) is 4.98 Å². The number of carbonyl (C=O) groups is 2. The Bertz CT molecular complexity index is 1330. The average Bonchev–Trinajstić information content (AvgIpc) is 2.84. The second-order valence-corrected chi connectivity index (χ2v) is 8.98. The lowest BCUT2D eigenvalue weighted by atomic mass is 10.2. The molecule has 0 aliphatic rings. The number of nitrogens with zero attached hydrogens (tertiary/aromatic N) is 3. The predicted octanol–water partition coefficient (Wildman–Crippen LogP) is 2.08. The van der Waals surface area contributed by atoms with Crippen molar-refractivity contribution in [3.05, 3.63) is 86.6 Å². The second kappa shape index (κ2) is 11.4. The van der Waals surface area contributed by atoms with Crippen LogP contribution in [0.15, 0.2) is 64.2 Å². The molecule has 3 aromatic rings. The molecule has 0 bridgehead atoms. The summed E-state index contributed by atoms with van der Waals surface area (Å²) >= 11 is 0. The van der Waals surface area contributed by atoms with Crippen LogP contribution in [0.5, 0.6) is 0 Å². The maximum atomic E-state index is 13.2. The van der Waals surface area contributed by atoms with Crippen molar-refractivity contribution < 1.29 is 14.3 Å². The molecular weight excluding hydrogens is 462 g/mol. The standard InChI is InChI=1S/C26H31N5O5/c1-17(2)14-30(21(32)16-36-25(34)19-10-12-20(13-11-19)29(3)4)22-23(27)31(26(35)28-24(22)33)15-18-8-6-5-7-9-18/h5-13,17H,14-16,27H2,1-4H3,(H,28,33,35). The van der Waals surface area contributed by atoms with Gasteiger partial charge >= 0.3 is 11.7 Å². The van der Waals surface area contributed by atoms with Gasteiger partial charge in [-0.3, -0.25) is 19.1 Å². The molecule has 36 heavy (non-hydrogen) atoms. The lowest BCUT2D eigenvalue weighted by Crippen LogP contribution is -2.44. The van der Waals surface area contributed by atoms with Crippen LogP contribution in [0.3, 0.4) is 0 Å². The van der Waals surface area contributed by atoms with E-state index < -0.39 is 29.7 Å². The summed E-state index contributed by atoms with van der Waals surface area (Å²) in [7, 11) is 3.76. The molecule has 1 aromatic heterocycles. The highest BCUT2D eigenvalue weighted by Gasteiger charge is 2.26. The van der Waals surface area contributed by atoms with Gasteiger partial charge in [-0.05, 0) is 35.7 Å². The van der Waals surface area contributed by atoms with E-state index in [0.717, 1.165) is 11.3 Å². The van der Waals surface area contributed by atoms with Gasteiger partial charge in [-0.25, -0.2) is 9.59 Å². The van der Waals surface area contributed by atoms with Gasteiger partial charge in [0.1, 0.15) is 5.82 Å². The largest absolute Gasteiger partial charge is 0.452 e. The van der Waals surface area contributed by atoms with Crippen molar-refractivity contribution in [3.8, 4) is 0 Å². The van der Waals surface area contributed by atoms with Crippen LogP contribution in [0.1, 0.15) is 29.8 Å². The first kappa shape index (κ1) is 26.3. The van der Waals surface area contributed by atoms with E-state index in [1.54, 1.807) is 24.3 Å². The molecule has 3 N–H and O–H groups in total. The number of aromatic amines is 1. The zero-order valence-electron chi connectivity index (χ0n) is 20.9. The number of nitrogens with two attached hydrogens (primary N) is 1. The molecule has 190 valence electrons. The number of nitrogen functional groups attached to an aromatic ring is 1. The lowest BCUT2D eigenvalue weighted by molar-refractivity contribution is -0.121. The highest BCUT2D eigenvalue weighted by Crippen LogP contribution is 2.20. The minimum Gasteiger partial charge on any atom is -0.452 e. The van der Waals surface area contributed by atoms with Crippen LogP contribution in [-0.4, -0.2) is 48.7 Å². The zero-order valence-corrected chi connectivity index (χ0v) is 20.9. The topological polar surface area (TPSA) is 131 Å². The molecule has 3 rings (SSSR count). The van der Waals surface area contributed by atoms with Crippen molar-refractivity contribution in [3.63, 3.8) is 0 Å². The van der Waals surface area contributed by atoms with Gasteiger partial charge in [0.25, 0.3) is 11.5 Å². The number of aromatic nitrogens is 2. The van der Waals surface area contributed by atoms with Crippen molar-refractivity contribution in [2.75, 3.05) is 42.8 Å². The zero-order chi connectivity index (χ0) is 26.4. The van der Waals surface area contributed by atoms with Gasteiger partial charge in [0.05, 0.1) is 12.1 Å². The van der Waals surface area contributed by atoms with Crippen LogP contribution in [0.4, 0.5) is 17.2 Å². The Labute approximate surface area is 208 Å². The van der Waals surface area contributed by atoms with Crippen molar-refractivity contribution in [2.24, 2.45) is 5.92 Å². The first-order valence-corrected chi connectivity index (χ1v) is 11.5. The molecule has 0 saturated carbocycles. The number of hydrogen-bond acceptors (Lipinski definition) is 7. The molecule has 10 heteroatoms. The van der Waals surface area contributed by atoms with Crippen molar-refractivity contribution in [1.29, 1.82) is 0 Å². The third-order valence-electron chi connectivity index (χ3n) is 5.46. The molecule has 2 aromatic carbocycles. The monoisotopic (exact) mass is 493 g/mol. The van der Waals surface area contributed by atoms with Gasteiger partial charge in [0.15, 0.2) is 12.3 Å². The van der Waals surface area contributed by atoms with E-state index in [-0.39, 0.29) is 36.1 Å². The maximum absolute atomic E-state index is 13.2. The Kier molecular flexibility index (Phi) is 8.31. The molecule has 0 radical (unpaired) electrons. The first-order chi connectivity index (χ1) is 17.1. The number of H-pyrrole nitrogens is 1. The van der Waals surface area contributed by atoms with Gasteiger partial charge in [-0.2, -0.15) is 0 Å². The van der Waals surface area contributed by atoms with Crippen LogP contribution in [0.25, 0.3) is 0 Å². The Morgan fingerprint density at radius 3 is 2.25 bits per heavy atom. The highest BCUT2D eigenvalue weighted by molar-refractivity contribution is 5.98. The number of benzene rings is 2. The van der Waals surface area contributed by atoms with Crippen LogP contribution in [0, 0.1) is 5.92 Å². The van der Waals surface area contributed by atoms with E-state index in [4.69, 9.17) is 10.5 Å². The predicted molar refractivity (Wildman–Crippen MR) is 140 cm³/mol. The summed E-state index contributed by atoms with van der Waals surface area (Å²) in [5.74, 6) is -1.50. The van der Waals surface area contributed by atoms with E-state index >= 15 is 0 Å². The van der Waals surface area contributed by atoms with Gasteiger partial charge in [0, 0.05) is 26.3 Å². The number of esters is 1. The normalized spacial score (nSPS) is 10.8. The number of carbonyl (C=O) groups excluding carboxylic acids is 2. The molecule has 10 nitrogen and oxygen atoms in total. The summed E-state index contributed by atoms with van der Waals surface area (Å²) in [5, 5.41) is 0. The fourth-order valence-corrected chi connectivity index (χ4v) is 3.63. The third kappa shape index (κ3) is 6.21. The molecule has 0 saturated heterocycles. The highest BCUT2D eigenvalue weighted by atomic mass is 16.5. The number of hydrogen-bond donors (Lipinski definition) is 2. The molecule has 0 aliphatic carbocycles. The van der Waals surface area contributed by atoms with Gasteiger partial charge in [-0.15, -0.1) is 0 Å². The van der Waals surface area contributed by atoms with E-state index in [0.29, 0.717) is 0 Å². The molecule has 0 aliphatic heterocycles. The fourth-order valence-electron chi connectivity index (χ4n) is 3.63. The van der Waals surface area contributed by atoms with Gasteiger partial charge < -0.3 is 20.3 Å². The number of rotatable bonds is 9. The number of anilines is 3. The minimum absolute atomic E-state index is 0.0449. The Hall–Kier alpha value is -4.34. The summed E-state index contributed by atoms with van der Waals surface area (Å²) in [6.07, 6.45) is 0. The molecule has 1 amide bonds. The number of ether oxygens (including phenoxy) is 1. The minimum atomic E-state index is -0.790. The summed E-state index contributed by atoms with van der Waals surface area (Å²) < 4.78 is 6.44. The fraction of sp³-hybridized carbons (Fsp3) is 0.308. The van der Waals surface area contributed by atoms with E-state index in [9.17, 15) is 19.2 Å². The molecule has 1 heterocycles. The van der Waals surface area contributed by atoms with Crippen LogP contribution >= 0.6 is 0 Å². The van der Waals surface area contributed by atoms with Crippen LogP contribution < -0.4 is 26.8 Å². The molecule has 0 atom stereocenters. The van der Waals surface area contributed by atoms with E-state index in [1.165, 1.54) is 9.47 Å². The Morgan fingerprint density at radius 2 is 1.67 bits per heavy atom. The number of amides is 1. The molecule has 0 fully saturated rings. The van der Waals surface area contributed by atoms with Crippen molar-refractivity contribution in [1.82, 2.24) is 9.55 Å². The smallest absolute Gasteiger partial charge is 0.338 e. The maximum Gasteiger partial charge on any atom is 0.338 e. The molecular formula is C26H31N5O5. The average molecular weight is 494 g/mol. The molecule has 0 spiro atoms.